The molecule has 2 amide bonds. The first-order valence-electron chi connectivity index (χ1n) is 8.35. The number of rotatable bonds is 3. The number of hydrogen-bond acceptors (Lipinski definition) is 2. The molecule has 0 radical (unpaired) electrons. The molecule has 0 bridgehead atoms. The quantitative estimate of drug-likeness (QED) is 0.675. The lowest BCUT2D eigenvalue weighted by Gasteiger charge is -2.31. The number of piperidine rings is 1. The summed E-state index contributed by atoms with van der Waals surface area (Å²) in [4.78, 5) is 26.6. The molecule has 0 atom stereocenters. The van der Waals surface area contributed by atoms with Gasteiger partial charge in [-0.1, -0.05) is 34.8 Å². The van der Waals surface area contributed by atoms with Gasteiger partial charge in [-0.2, -0.15) is 0 Å². The monoisotopic (exact) mass is 428 g/mol. The Morgan fingerprint density at radius 3 is 2.19 bits per heavy atom. The smallest absolute Gasteiger partial charge is 0.253 e. The summed E-state index contributed by atoms with van der Waals surface area (Å²) < 4.78 is 13.0. The van der Waals surface area contributed by atoms with Gasteiger partial charge in [-0.15, -0.1) is 0 Å². The zero-order valence-electron chi connectivity index (χ0n) is 14.1. The maximum Gasteiger partial charge on any atom is 0.253 e. The minimum absolute atomic E-state index is 0.165. The minimum Gasteiger partial charge on any atom is -0.339 e. The van der Waals surface area contributed by atoms with Gasteiger partial charge in [0, 0.05) is 24.6 Å². The first-order valence-corrected chi connectivity index (χ1v) is 9.49. The van der Waals surface area contributed by atoms with E-state index in [4.69, 9.17) is 34.8 Å². The third-order valence-corrected chi connectivity index (χ3v) is 5.55. The Kier molecular flexibility index (Phi) is 6.25. The van der Waals surface area contributed by atoms with Gasteiger partial charge in [-0.25, -0.2) is 4.39 Å². The number of likely N-dealkylation sites (tertiary alicyclic amines) is 1. The molecule has 1 aliphatic rings. The van der Waals surface area contributed by atoms with Crippen molar-refractivity contribution in [2.24, 2.45) is 5.92 Å². The molecule has 1 aliphatic heterocycles. The molecule has 0 saturated carbocycles. The second-order valence-corrected chi connectivity index (χ2v) is 7.53. The Hall–Kier alpha value is -1.82. The van der Waals surface area contributed by atoms with Gasteiger partial charge in [0.05, 0.1) is 20.8 Å². The van der Waals surface area contributed by atoms with E-state index in [0.29, 0.717) is 52.2 Å². The first kappa shape index (κ1) is 19.9. The summed E-state index contributed by atoms with van der Waals surface area (Å²) in [7, 11) is 0. The summed E-state index contributed by atoms with van der Waals surface area (Å²) in [5.74, 6) is -0.971. The van der Waals surface area contributed by atoms with Gasteiger partial charge in [0.25, 0.3) is 5.91 Å². The number of carbonyl (C=O) groups excluding carboxylic acids is 2. The zero-order chi connectivity index (χ0) is 19.6. The van der Waals surface area contributed by atoms with Gasteiger partial charge < -0.3 is 10.2 Å². The number of nitrogens with zero attached hydrogens (tertiary/aromatic N) is 1. The molecular formula is C19H16Cl3FN2O2. The number of benzene rings is 2. The fourth-order valence-electron chi connectivity index (χ4n) is 2.97. The molecule has 2 aromatic carbocycles. The van der Waals surface area contributed by atoms with Crippen molar-refractivity contribution in [2.75, 3.05) is 18.4 Å². The summed E-state index contributed by atoms with van der Waals surface area (Å²) in [5, 5.41) is 3.69. The molecule has 0 aromatic heterocycles. The maximum absolute atomic E-state index is 13.0. The van der Waals surface area contributed by atoms with E-state index in [1.54, 1.807) is 4.90 Å². The SMILES string of the molecule is O=C(Nc1cc(Cl)c(Cl)cc1Cl)C1CCN(C(=O)c2ccc(F)cc2)CC1. The van der Waals surface area contributed by atoms with Gasteiger partial charge in [0.2, 0.25) is 5.91 Å². The van der Waals surface area contributed by atoms with Crippen LogP contribution in [-0.2, 0) is 4.79 Å². The number of amides is 2. The third kappa shape index (κ3) is 4.72. The summed E-state index contributed by atoms with van der Waals surface area (Å²) in [6.07, 6.45) is 1.05. The summed E-state index contributed by atoms with van der Waals surface area (Å²) in [6, 6.07) is 8.43. The minimum atomic E-state index is -0.386. The van der Waals surface area contributed by atoms with Crippen molar-refractivity contribution in [3.8, 4) is 0 Å². The van der Waals surface area contributed by atoms with Crippen LogP contribution in [-0.4, -0.2) is 29.8 Å². The van der Waals surface area contributed by atoms with Crippen LogP contribution in [0, 0.1) is 11.7 Å². The van der Waals surface area contributed by atoms with Crippen LogP contribution in [0.2, 0.25) is 15.1 Å². The fourth-order valence-corrected chi connectivity index (χ4v) is 3.57. The molecule has 1 N–H and O–H groups in total. The van der Waals surface area contributed by atoms with Crippen LogP contribution in [0.3, 0.4) is 0 Å². The van der Waals surface area contributed by atoms with Crippen molar-refractivity contribution in [3.63, 3.8) is 0 Å². The van der Waals surface area contributed by atoms with E-state index in [2.05, 4.69) is 5.32 Å². The molecule has 1 heterocycles. The Bertz CT molecular complexity index is 866. The standard InChI is InChI=1S/C19H16Cl3FN2O2/c20-14-9-16(22)17(10-15(14)21)24-18(26)11-5-7-25(8-6-11)19(27)12-1-3-13(23)4-2-12/h1-4,9-11H,5-8H2,(H,24,26). The number of hydrogen-bond donors (Lipinski definition) is 1. The van der Waals surface area contributed by atoms with E-state index in [0.717, 1.165) is 0 Å². The number of halogens is 4. The second kappa shape index (κ2) is 8.46. The van der Waals surface area contributed by atoms with Crippen molar-refractivity contribution < 1.29 is 14.0 Å². The molecule has 4 nitrogen and oxygen atoms in total. The average molecular weight is 430 g/mol. The normalized spacial score (nSPS) is 14.9. The molecule has 0 unspecified atom stereocenters. The summed E-state index contributed by atoms with van der Waals surface area (Å²) >= 11 is 17.9. The molecule has 27 heavy (non-hydrogen) atoms. The van der Waals surface area contributed by atoms with Crippen molar-refractivity contribution in [1.29, 1.82) is 0 Å². The van der Waals surface area contributed by atoms with Gasteiger partial charge in [-0.05, 0) is 49.2 Å². The summed E-state index contributed by atoms with van der Waals surface area (Å²) in [6.45, 7) is 0.896. The Balaban J connectivity index is 1.58. The van der Waals surface area contributed by atoms with Crippen LogP contribution < -0.4 is 5.32 Å². The fraction of sp³-hybridized carbons (Fsp3) is 0.263. The van der Waals surface area contributed by atoms with Crippen LogP contribution in [0.4, 0.5) is 10.1 Å². The van der Waals surface area contributed by atoms with Crippen LogP contribution in [0.25, 0.3) is 0 Å². The van der Waals surface area contributed by atoms with E-state index < -0.39 is 0 Å². The van der Waals surface area contributed by atoms with E-state index >= 15 is 0 Å². The van der Waals surface area contributed by atoms with Gasteiger partial charge in [0.1, 0.15) is 5.82 Å². The van der Waals surface area contributed by atoms with Crippen molar-refractivity contribution >= 4 is 52.3 Å². The highest BCUT2D eigenvalue weighted by Crippen LogP contribution is 2.33. The molecule has 1 saturated heterocycles. The predicted octanol–water partition coefficient (Wildman–Crippen LogP) is 5.28. The largest absolute Gasteiger partial charge is 0.339 e. The highest BCUT2D eigenvalue weighted by Gasteiger charge is 2.28. The lowest BCUT2D eigenvalue weighted by atomic mass is 9.95. The molecule has 2 aromatic rings. The Morgan fingerprint density at radius 2 is 1.56 bits per heavy atom. The van der Waals surface area contributed by atoms with E-state index in [9.17, 15) is 14.0 Å². The van der Waals surface area contributed by atoms with Crippen LogP contribution in [0.5, 0.6) is 0 Å². The Labute approximate surface area is 171 Å². The molecule has 3 rings (SSSR count). The molecule has 0 spiro atoms. The van der Waals surface area contributed by atoms with Gasteiger partial charge >= 0.3 is 0 Å². The van der Waals surface area contributed by atoms with Crippen molar-refractivity contribution in [2.45, 2.75) is 12.8 Å². The van der Waals surface area contributed by atoms with Crippen molar-refractivity contribution in [3.05, 3.63) is 62.8 Å². The van der Waals surface area contributed by atoms with Gasteiger partial charge in [-0.3, -0.25) is 9.59 Å². The second-order valence-electron chi connectivity index (χ2n) is 6.31. The average Bonchev–Trinajstić information content (AvgIpc) is 2.66. The molecule has 0 aliphatic carbocycles. The lowest BCUT2D eigenvalue weighted by Crippen LogP contribution is -2.41. The zero-order valence-corrected chi connectivity index (χ0v) is 16.4. The van der Waals surface area contributed by atoms with Crippen LogP contribution in [0.1, 0.15) is 23.2 Å². The van der Waals surface area contributed by atoms with Crippen LogP contribution in [0.15, 0.2) is 36.4 Å². The van der Waals surface area contributed by atoms with E-state index in [1.807, 2.05) is 0 Å². The third-order valence-electron chi connectivity index (χ3n) is 4.51. The highest BCUT2D eigenvalue weighted by atomic mass is 35.5. The molecule has 8 heteroatoms. The first-order chi connectivity index (χ1) is 12.8. The van der Waals surface area contributed by atoms with Crippen LogP contribution >= 0.6 is 34.8 Å². The summed E-state index contributed by atoms with van der Waals surface area (Å²) in [5.41, 5.74) is 0.836. The number of nitrogens with one attached hydrogen (secondary N) is 1. The highest BCUT2D eigenvalue weighted by molar-refractivity contribution is 6.44. The number of anilines is 1. The number of carbonyl (C=O) groups is 2. The molecular weight excluding hydrogens is 414 g/mol. The Morgan fingerprint density at radius 1 is 0.963 bits per heavy atom. The van der Waals surface area contributed by atoms with Gasteiger partial charge in [0.15, 0.2) is 0 Å². The van der Waals surface area contributed by atoms with E-state index in [-0.39, 0.29) is 23.5 Å². The molecule has 1 fully saturated rings. The maximum atomic E-state index is 13.0. The topological polar surface area (TPSA) is 49.4 Å². The lowest BCUT2D eigenvalue weighted by molar-refractivity contribution is -0.121. The molecule has 142 valence electrons. The van der Waals surface area contributed by atoms with E-state index in [1.165, 1.54) is 36.4 Å². The predicted molar refractivity (Wildman–Crippen MR) is 105 cm³/mol. The van der Waals surface area contributed by atoms with Crippen molar-refractivity contribution in [1.82, 2.24) is 4.90 Å².